The molecular formula is C51H87N15O13S. The Morgan fingerprint density at radius 2 is 1.25 bits per heavy atom. The fraction of sp³-hybridized carbons (Fsp3) is 0.647. The molecule has 0 aliphatic carbocycles. The van der Waals surface area contributed by atoms with E-state index >= 15 is 0 Å². The Hall–Kier alpha value is -7.11. The highest BCUT2D eigenvalue weighted by atomic mass is 32.2. The van der Waals surface area contributed by atoms with Crippen molar-refractivity contribution < 1.29 is 63.0 Å². The number of aromatic hydroxyl groups is 1. The maximum absolute atomic E-state index is 13.0. The summed E-state index contributed by atoms with van der Waals surface area (Å²) in [6, 6.07) is -0.568. The molecule has 10 amide bonds. The summed E-state index contributed by atoms with van der Waals surface area (Å²) >= 11 is 1.48. The summed E-state index contributed by atoms with van der Waals surface area (Å²) in [6.45, 7) is 9.05. The molecule has 29 heteroatoms. The number of likely N-dealkylation sites (tertiary alicyclic amines) is 1. The van der Waals surface area contributed by atoms with E-state index in [1.54, 1.807) is 40.1 Å². The molecule has 1 aromatic rings. The second kappa shape index (κ2) is 37.7. The van der Waals surface area contributed by atoms with Crippen LogP contribution < -0.4 is 70.0 Å². The van der Waals surface area contributed by atoms with Crippen molar-refractivity contribution in [2.75, 3.05) is 72.5 Å². The van der Waals surface area contributed by atoms with Gasteiger partial charge in [0.05, 0.1) is 38.3 Å². The third-order valence-electron chi connectivity index (χ3n) is 12.4. The lowest BCUT2D eigenvalue weighted by molar-refractivity contribution is -0.141. The van der Waals surface area contributed by atoms with Crippen LogP contribution in [-0.4, -0.2) is 207 Å². The second-order valence-electron chi connectivity index (χ2n) is 19.6. The van der Waals surface area contributed by atoms with E-state index in [0.717, 1.165) is 5.56 Å². The molecule has 0 saturated carbocycles. The number of carbonyl (C=O) groups is 11. The van der Waals surface area contributed by atoms with Crippen molar-refractivity contribution in [2.24, 2.45) is 28.3 Å². The Morgan fingerprint density at radius 3 is 1.77 bits per heavy atom. The number of benzene rings is 1. The molecule has 17 N–H and O–H groups in total. The number of rotatable bonds is 33. The second-order valence-corrected chi connectivity index (χ2v) is 20.5. The molecule has 0 aromatic heterocycles. The zero-order valence-corrected chi connectivity index (χ0v) is 48.4. The average Bonchev–Trinajstić information content (AvgIpc) is 3.91. The lowest BCUT2D eigenvalue weighted by atomic mass is 10.0. The quantitative estimate of drug-likeness (QED) is 0.0179. The van der Waals surface area contributed by atoms with E-state index in [2.05, 4.69) is 63.5 Å². The zero-order valence-electron chi connectivity index (χ0n) is 47.6. The number of amides is 10. The molecule has 1 heterocycles. The number of aliphatic hydroxyl groups excluding tert-OH is 1. The van der Waals surface area contributed by atoms with Crippen molar-refractivity contribution in [3.8, 4) is 5.75 Å². The Labute approximate surface area is 472 Å². The highest BCUT2D eigenvalue weighted by molar-refractivity contribution is 7.98. The van der Waals surface area contributed by atoms with E-state index in [9.17, 15) is 63.0 Å². The van der Waals surface area contributed by atoms with E-state index < -0.39 is 115 Å². The van der Waals surface area contributed by atoms with E-state index in [1.165, 1.54) is 49.7 Å². The van der Waals surface area contributed by atoms with Gasteiger partial charge in [0.2, 0.25) is 59.1 Å². The minimum atomic E-state index is -1.40. The van der Waals surface area contributed by atoms with Crippen molar-refractivity contribution >= 4 is 82.6 Å². The van der Waals surface area contributed by atoms with Gasteiger partial charge in [-0.2, -0.15) is 11.8 Å². The third-order valence-corrected chi connectivity index (χ3v) is 13.0. The summed E-state index contributed by atoms with van der Waals surface area (Å²) < 4.78 is 0. The van der Waals surface area contributed by atoms with Gasteiger partial charge in [0.1, 0.15) is 47.8 Å². The van der Waals surface area contributed by atoms with E-state index in [1.807, 2.05) is 20.1 Å². The first kappa shape index (κ1) is 70.9. The van der Waals surface area contributed by atoms with Crippen LogP contribution in [0.25, 0.3) is 0 Å². The van der Waals surface area contributed by atoms with Gasteiger partial charge in [-0.25, -0.2) is 0 Å². The average molecular weight is 1150 g/mol. The van der Waals surface area contributed by atoms with Crippen LogP contribution >= 0.6 is 11.8 Å². The van der Waals surface area contributed by atoms with Crippen LogP contribution in [0.2, 0.25) is 0 Å². The topological polar surface area (TPSA) is 428 Å². The predicted octanol–water partition coefficient (Wildman–Crippen LogP) is -4.67. The predicted molar refractivity (Wildman–Crippen MR) is 301 cm³/mol. The van der Waals surface area contributed by atoms with Crippen LogP contribution in [0.5, 0.6) is 5.75 Å². The Bertz CT molecular complexity index is 2250. The molecule has 8 atom stereocenters. The summed E-state index contributed by atoms with van der Waals surface area (Å²) in [7, 11) is 4.67. The molecule has 2 rings (SSSR count). The van der Waals surface area contributed by atoms with E-state index in [-0.39, 0.29) is 61.3 Å². The van der Waals surface area contributed by atoms with Crippen LogP contribution in [0.3, 0.4) is 0 Å². The Kier molecular flexibility index (Phi) is 33.4. The highest BCUT2D eigenvalue weighted by Gasteiger charge is 2.37. The summed E-state index contributed by atoms with van der Waals surface area (Å²) in [5.74, 6) is -5.20. The number of phenolic OH excluding ortho intramolecular Hbond substituents is 1. The molecule has 0 spiro atoms. The van der Waals surface area contributed by atoms with Crippen LogP contribution in [0.1, 0.15) is 79.2 Å². The lowest BCUT2D eigenvalue weighted by Gasteiger charge is -2.29. The number of hydrogen-bond acceptors (Lipinski definition) is 17. The molecule has 28 nitrogen and oxygen atoms in total. The summed E-state index contributed by atoms with van der Waals surface area (Å²) in [6.07, 6.45) is 4.12. The van der Waals surface area contributed by atoms with Gasteiger partial charge in [-0.1, -0.05) is 39.8 Å². The van der Waals surface area contributed by atoms with Gasteiger partial charge >= 0.3 is 0 Å². The molecule has 450 valence electrons. The van der Waals surface area contributed by atoms with Crippen molar-refractivity contribution in [1.82, 2.24) is 63.4 Å². The molecule has 1 fully saturated rings. The minimum Gasteiger partial charge on any atom is -0.508 e. The molecule has 1 aliphatic heterocycles. The number of aliphatic imine (C=N–C) groups is 1. The number of hydrogen-bond donors (Lipinski definition) is 15. The van der Waals surface area contributed by atoms with Crippen molar-refractivity contribution in [3.05, 3.63) is 29.8 Å². The number of ketones is 1. The fourth-order valence-electron chi connectivity index (χ4n) is 7.97. The van der Waals surface area contributed by atoms with Crippen LogP contribution in [0.15, 0.2) is 29.3 Å². The number of aliphatic hydroxyl groups is 1. The van der Waals surface area contributed by atoms with Gasteiger partial charge in [0.15, 0.2) is 5.96 Å². The van der Waals surface area contributed by atoms with E-state index in [0.29, 0.717) is 44.4 Å². The number of nitrogens with one attached hydrogen (secondary N) is 11. The van der Waals surface area contributed by atoms with Crippen molar-refractivity contribution in [1.29, 1.82) is 0 Å². The first-order valence-electron chi connectivity index (χ1n) is 26.4. The first-order chi connectivity index (χ1) is 37.7. The molecule has 1 aliphatic rings. The number of Topliss-reactive ketones (excluding diaryl/α,β-unsaturated/α-hetero) is 1. The molecule has 0 bridgehead atoms. The van der Waals surface area contributed by atoms with Crippen molar-refractivity contribution in [3.63, 3.8) is 0 Å². The summed E-state index contributed by atoms with van der Waals surface area (Å²) in [4.78, 5) is 143. The van der Waals surface area contributed by atoms with Gasteiger partial charge in [-0.05, 0) is 108 Å². The summed E-state index contributed by atoms with van der Waals surface area (Å²) in [5, 5.41) is 47.8. The number of phenols is 1. The normalized spacial score (nSPS) is 15.4. The Morgan fingerprint density at radius 1 is 0.675 bits per heavy atom. The monoisotopic (exact) mass is 1150 g/mol. The highest BCUT2D eigenvalue weighted by Crippen LogP contribution is 2.19. The number of guanidine groups is 1. The number of likely N-dealkylation sites (N-methyl/N-ethyl adjacent to an activating group) is 3. The van der Waals surface area contributed by atoms with Gasteiger partial charge < -0.3 is 85.1 Å². The maximum atomic E-state index is 13.0. The van der Waals surface area contributed by atoms with Gasteiger partial charge in [-0.3, -0.25) is 57.7 Å². The summed E-state index contributed by atoms with van der Waals surface area (Å²) in [5.41, 5.74) is 11.4. The van der Waals surface area contributed by atoms with Gasteiger partial charge in [0, 0.05) is 20.1 Å². The number of carbonyl (C=O) groups excluding carboxylic acids is 11. The molecule has 1 saturated heterocycles. The number of thioether (sulfide) groups is 1. The van der Waals surface area contributed by atoms with Crippen LogP contribution in [-0.2, 0) is 59.2 Å². The van der Waals surface area contributed by atoms with E-state index in [4.69, 9.17) is 11.5 Å². The van der Waals surface area contributed by atoms with Crippen molar-refractivity contribution in [2.45, 2.75) is 128 Å². The largest absolute Gasteiger partial charge is 0.508 e. The molecular weight excluding hydrogens is 1060 g/mol. The van der Waals surface area contributed by atoms with Gasteiger partial charge in [0.25, 0.3) is 0 Å². The smallest absolute Gasteiger partial charge is 0.245 e. The molecule has 80 heavy (non-hydrogen) atoms. The number of nitrogens with zero attached hydrogens (tertiary/aromatic N) is 2. The SMILES string of the molecule is CNC(=O)C(CCCN=C(N)N)NC(=O)C(CO)NC(=O)CNC(=O)C(CCSC)NC(=O)C(Cc1ccc(O)cc1)NC.CNC(C(=O)NCC(=O)NC(C(=O)NC(C)C(=O)N1CCCC1C(=O)NCC(C)=O)C(C)C)C(C)C. The standard InChI is InChI=1S/C27H45N9O7S.C24H42N6O6/c1-30-20(13-16-6-8-17(38)9-7-16)25(42)36-19(10-12-44-3)24(41)33-14-22(39)34-21(15-37)26(43)35-18(23(40)31-2)5-4-11-32-27(28)29;1-13(2)19(25-7)22(34)27-12-18(32)29-20(14(3)4)23(35)28-16(6)24(36)30-10-8-9-17(30)21(33)26-11-15(5)31/h6-9,18-21,30,37-38H,4-5,10-15H2,1-3H3,(H,31,40)(H,33,41)(H,34,39)(H,35,43)(H,36,42)(H4,28,29,32);13-14,16-17,19-20,25H,8-12H2,1-7H3,(H,26,33)(H,27,34)(H,28,35)(H,29,32). The third kappa shape index (κ3) is 26.2. The zero-order chi connectivity index (χ0) is 60.6. The molecule has 0 radical (unpaired) electrons. The number of nitrogens with two attached hydrogens (primary N) is 2. The van der Waals surface area contributed by atoms with Crippen LogP contribution in [0, 0.1) is 11.8 Å². The molecule has 8 unspecified atom stereocenters. The van der Waals surface area contributed by atoms with Gasteiger partial charge in [-0.15, -0.1) is 0 Å². The lowest BCUT2D eigenvalue weighted by Crippen LogP contribution is -2.57. The minimum absolute atomic E-state index is 0.0293. The Balaban J connectivity index is 0.000000816. The maximum Gasteiger partial charge on any atom is 0.245 e. The first-order valence-corrected chi connectivity index (χ1v) is 27.8. The molecule has 1 aromatic carbocycles. The van der Waals surface area contributed by atoms with Crippen LogP contribution in [0.4, 0.5) is 0 Å². The fourth-order valence-corrected chi connectivity index (χ4v) is 8.44.